The fourth-order valence-corrected chi connectivity index (χ4v) is 4.03. The molecule has 0 aromatic heterocycles. The normalized spacial score (nSPS) is 34.4. The third-order valence-corrected chi connectivity index (χ3v) is 4.75. The number of aliphatic carboxylic acids is 1. The van der Waals surface area contributed by atoms with Crippen LogP contribution in [0.5, 0.6) is 0 Å². The third-order valence-electron chi connectivity index (χ3n) is 4.75. The maximum atomic E-state index is 13.9. The summed E-state index contributed by atoms with van der Waals surface area (Å²) in [6.45, 7) is 1.91. The van der Waals surface area contributed by atoms with Crippen LogP contribution in [0, 0.1) is 18.2 Å². The van der Waals surface area contributed by atoms with E-state index in [1.165, 1.54) is 6.07 Å². The zero-order valence-electron chi connectivity index (χ0n) is 10.2. The zero-order valence-corrected chi connectivity index (χ0v) is 10.2. The van der Waals surface area contributed by atoms with Gasteiger partial charge in [-0.3, -0.25) is 4.79 Å². The monoisotopic (exact) mass is 249 g/mol. The van der Waals surface area contributed by atoms with Crippen molar-refractivity contribution in [2.45, 2.75) is 37.6 Å². The minimum Gasteiger partial charge on any atom is -0.480 e. The number of hydrogen-bond donors (Lipinski definition) is 2. The molecule has 0 radical (unpaired) electrons. The minimum absolute atomic E-state index is 0.150. The van der Waals surface area contributed by atoms with Gasteiger partial charge in [-0.15, -0.1) is 0 Å². The molecule has 1 unspecified atom stereocenters. The van der Waals surface area contributed by atoms with E-state index in [1.807, 2.05) is 13.0 Å². The molecule has 4 rings (SSSR count). The van der Waals surface area contributed by atoms with Crippen LogP contribution in [0.4, 0.5) is 4.39 Å². The Morgan fingerprint density at radius 2 is 2.06 bits per heavy atom. The lowest BCUT2D eigenvalue weighted by Gasteiger charge is -2.72. The Labute approximate surface area is 105 Å². The molecule has 1 atom stereocenters. The van der Waals surface area contributed by atoms with Crippen molar-refractivity contribution in [1.82, 2.24) is 0 Å². The number of carboxylic acid groups (broad SMARTS) is 1. The molecule has 4 heteroatoms. The van der Waals surface area contributed by atoms with Crippen LogP contribution in [0.1, 0.15) is 30.4 Å². The molecule has 3 saturated carbocycles. The van der Waals surface area contributed by atoms with Gasteiger partial charge in [-0.05, 0) is 48.8 Å². The van der Waals surface area contributed by atoms with Gasteiger partial charge in [-0.1, -0.05) is 12.1 Å². The first-order chi connectivity index (χ1) is 8.40. The molecule has 0 amide bonds. The maximum absolute atomic E-state index is 13.9. The number of carbonyl (C=O) groups is 1. The summed E-state index contributed by atoms with van der Waals surface area (Å²) in [5, 5.41) is 8.97. The first-order valence-electron chi connectivity index (χ1n) is 6.14. The van der Waals surface area contributed by atoms with E-state index < -0.39 is 12.0 Å². The molecule has 96 valence electrons. The van der Waals surface area contributed by atoms with Crippen molar-refractivity contribution >= 4 is 5.97 Å². The van der Waals surface area contributed by atoms with E-state index in [2.05, 4.69) is 0 Å². The van der Waals surface area contributed by atoms with E-state index in [0.717, 1.165) is 11.1 Å². The van der Waals surface area contributed by atoms with Gasteiger partial charge in [0.25, 0.3) is 0 Å². The second-order valence-electron chi connectivity index (χ2n) is 5.92. The van der Waals surface area contributed by atoms with Crippen molar-refractivity contribution in [2.75, 3.05) is 0 Å². The van der Waals surface area contributed by atoms with Gasteiger partial charge in [0.15, 0.2) is 0 Å². The fourth-order valence-electron chi connectivity index (χ4n) is 4.03. The van der Waals surface area contributed by atoms with Crippen LogP contribution in [0.15, 0.2) is 18.2 Å². The van der Waals surface area contributed by atoms with Crippen LogP contribution in [0.3, 0.4) is 0 Å². The van der Waals surface area contributed by atoms with Crippen LogP contribution in [-0.2, 0) is 10.2 Å². The molecular weight excluding hydrogens is 233 g/mol. The average Bonchev–Trinajstić information content (AvgIpc) is 2.17. The van der Waals surface area contributed by atoms with Crippen LogP contribution < -0.4 is 5.73 Å². The smallest absolute Gasteiger partial charge is 0.321 e. The van der Waals surface area contributed by atoms with Gasteiger partial charge in [-0.25, -0.2) is 4.39 Å². The molecule has 1 aromatic carbocycles. The first-order valence-corrected chi connectivity index (χ1v) is 6.14. The lowest BCUT2D eigenvalue weighted by atomic mass is 9.31. The summed E-state index contributed by atoms with van der Waals surface area (Å²) >= 11 is 0. The van der Waals surface area contributed by atoms with E-state index in [-0.39, 0.29) is 16.6 Å². The number of aryl methyl sites for hydroxylation is 1. The molecule has 2 bridgehead atoms. The number of benzene rings is 1. The fraction of sp³-hybridized carbons (Fsp3) is 0.500. The molecule has 3 N–H and O–H groups in total. The molecular formula is C14H16FNO2. The van der Waals surface area contributed by atoms with Crippen LogP contribution in [0.2, 0.25) is 0 Å². The topological polar surface area (TPSA) is 63.3 Å². The molecule has 0 spiro atoms. The standard InChI is InChI=1S/C14H16FNO2/c1-8-3-2-4-9(15)10(8)13-5-14(6-13,7-13)11(16)12(17)18/h2-4,11H,5-7,16H2,1H3,(H,17,18). The Kier molecular flexibility index (Phi) is 2.15. The molecule has 3 nitrogen and oxygen atoms in total. The Balaban J connectivity index is 1.87. The largest absolute Gasteiger partial charge is 0.480 e. The van der Waals surface area contributed by atoms with Crippen molar-refractivity contribution in [3.05, 3.63) is 35.1 Å². The highest BCUT2D eigenvalue weighted by molar-refractivity contribution is 5.76. The molecule has 3 aliphatic rings. The summed E-state index contributed by atoms with van der Waals surface area (Å²) in [6.07, 6.45) is 2.11. The minimum atomic E-state index is -0.950. The highest BCUT2D eigenvalue weighted by Gasteiger charge is 2.72. The van der Waals surface area contributed by atoms with E-state index in [0.29, 0.717) is 19.3 Å². The van der Waals surface area contributed by atoms with Gasteiger partial charge < -0.3 is 10.8 Å². The van der Waals surface area contributed by atoms with Gasteiger partial charge in [-0.2, -0.15) is 0 Å². The van der Waals surface area contributed by atoms with Crippen LogP contribution in [-0.4, -0.2) is 17.1 Å². The van der Waals surface area contributed by atoms with E-state index in [1.54, 1.807) is 6.07 Å². The van der Waals surface area contributed by atoms with Gasteiger partial charge in [0, 0.05) is 5.41 Å². The predicted molar refractivity (Wildman–Crippen MR) is 64.7 cm³/mol. The molecule has 1 aromatic rings. The van der Waals surface area contributed by atoms with E-state index in [4.69, 9.17) is 10.8 Å². The Bertz CT molecular complexity index is 501. The van der Waals surface area contributed by atoms with Crippen molar-refractivity contribution in [1.29, 1.82) is 0 Å². The van der Waals surface area contributed by atoms with Crippen LogP contribution >= 0.6 is 0 Å². The second-order valence-corrected chi connectivity index (χ2v) is 5.92. The van der Waals surface area contributed by atoms with Crippen molar-refractivity contribution in [3.8, 4) is 0 Å². The highest BCUT2D eigenvalue weighted by Crippen LogP contribution is 2.75. The van der Waals surface area contributed by atoms with Gasteiger partial charge in [0.2, 0.25) is 0 Å². The molecule has 0 aliphatic heterocycles. The lowest BCUT2D eigenvalue weighted by molar-refractivity contribution is -0.179. The van der Waals surface area contributed by atoms with Crippen molar-refractivity contribution in [3.63, 3.8) is 0 Å². The molecule has 3 fully saturated rings. The van der Waals surface area contributed by atoms with Gasteiger partial charge in [0.1, 0.15) is 11.9 Å². The summed E-state index contributed by atoms with van der Waals surface area (Å²) in [4.78, 5) is 10.9. The van der Waals surface area contributed by atoms with Crippen molar-refractivity contribution in [2.24, 2.45) is 11.1 Å². The number of nitrogens with two attached hydrogens (primary N) is 1. The lowest BCUT2D eigenvalue weighted by Crippen LogP contribution is -2.72. The zero-order chi connectivity index (χ0) is 13.1. The van der Waals surface area contributed by atoms with Crippen molar-refractivity contribution < 1.29 is 14.3 Å². The first kappa shape index (κ1) is 11.7. The van der Waals surface area contributed by atoms with E-state index >= 15 is 0 Å². The molecule has 3 aliphatic carbocycles. The summed E-state index contributed by atoms with van der Waals surface area (Å²) in [5.74, 6) is -1.12. The Morgan fingerprint density at radius 1 is 1.44 bits per heavy atom. The number of halogens is 1. The molecule has 0 heterocycles. The van der Waals surface area contributed by atoms with Gasteiger partial charge in [0.05, 0.1) is 0 Å². The third kappa shape index (κ3) is 1.24. The highest BCUT2D eigenvalue weighted by atomic mass is 19.1. The Morgan fingerprint density at radius 3 is 2.56 bits per heavy atom. The van der Waals surface area contributed by atoms with Gasteiger partial charge >= 0.3 is 5.97 Å². The quantitative estimate of drug-likeness (QED) is 0.860. The number of carboxylic acids is 1. The molecule has 0 saturated heterocycles. The SMILES string of the molecule is Cc1cccc(F)c1C12CC(C(N)C(=O)O)(C1)C2. The summed E-state index contributed by atoms with van der Waals surface area (Å²) < 4.78 is 13.9. The summed E-state index contributed by atoms with van der Waals surface area (Å²) in [5.41, 5.74) is 6.99. The predicted octanol–water partition coefficient (Wildman–Crippen LogP) is 1.97. The Hall–Kier alpha value is -1.42. The summed E-state index contributed by atoms with van der Waals surface area (Å²) in [7, 11) is 0. The number of hydrogen-bond acceptors (Lipinski definition) is 2. The van der Waals surface area contributed by atoms with E-state index in [9.17, 15) is 9.18 Å². The number of rotatable bonds is 3. The van der Waals surface area contributed by atoms with Crippen LogP contribution in [0.25, 0.3) is 0 Å². The second kappa shape index (κ2) is 3.32. The summed E-state index contributed by atoms with van der Waals surface area (Å²) in [6, 6.07) is 4.28. The average molecular weight is 249 g/mol. The maximum Gasteiger partial charge on any atom is 0.321 e. The molecule has 18 heavy (non-hydrogen) atoms.